The van der Waals surface area contributed by atoms with E-state index in [1.165, 1.54) is 11.8 Å². The minimum Gasteiger partial charge on any atom is -0.495 e. The molecule has 0 radical (unpaired) electrons. The van der Waals surface area contributed by atoms with Crippen molar-refractivity contribution in [1.82, 2.24) is 9.97 Å². The van der Waals surface area contributed by atoms with Gasteiger partial charge in [0.1, 0.15) is 17.3 Å². The van der Waals surface area contributed by atoms with E-state index in [2.05, 4.69) is 32.7 Å². The normalized spacial score (nSPS) is 10.3. The van der Waals surface area contributed by atoms with Crippen molar-refractivity contribution in [2.45, 2.75) is 13.3 Å². The van der Waals surface area contributed by atoms with Crippen molar-refractivity contribution in [3.05, 3.63) is 77.7 Å². The van der Waals surface area contributed by atoms with Gasteiger partial charge in [-0.3, -0.25) is 4.79 Å². The SMILES string of the molecule is COc1ccc(C)cc1NC(=O)c1cnc(NCCc2ccccc2)cn1. The molecule has 0 aliphatic carbocycles. The van der Waals surface area contributed by atoms with E-state index >= 15 is 0 Å². The molecule has 0 saturated heterocycles. The van der Waals surface area contributed by atoms with Gasteiger partial charge in [-0.15, -0.1) is 0 Å². The first-order chi connectivity index (χ1) is 13.2. The van der Waals surface area contributed by atoms with Crippen molar-refractivity contribution in [3.8, 4) is 5.75 Å². The van der Waals surface area contributed by atoms with Gasteiger partial charge in [-0.25, -0.2) is 9.97 Å². The van der Waals surface area contributed by atoms with Crippen molar-refractivity contribution in [3.63, 3.8) is 0 Å². The van der Waals surface area contributed by atoms with E-state index in [0.717, 1.165) is 18.5 Å². The number of nitrogens with zero attached hydrogens (tertiary/aromatic N) is 2. The molecule has 0 saturated carbocycles. The van der Waals surface area contributed by atoms with Gasteiger partial charge in [-0.2, -0.15) is 0 Å². The number of hydrogen-bond acceptors (Lipinski definition) is 5. The van der Waals surface area contributed by atoms with Crippen LogP contribution >= 0.6 is 0 Å². The number of amides is 1. The fourth-order valence-corrected chi connectivity index (χ4v) is 2.62. The standard InChI is InChI=1S/C21H22N4O2/c1-15-8-9-19(27-2)17(12-15)25-21(26)18-13-24-20(14-23-18)22-11-10-16-6-4-3-5-7-16/h3-9,12-14H,10-11H2,1-2H3,(H,22,24)(H,25,26). The van der Waals surface area contributed by atoms with Crippen LogP contribution in [0.25, 0.3) is 0 Å². The van der Waals surface area contributed by atoms with Gasteiger partial charge >= 0.3 is 0 Å². The fourth-order valence-electron chi connectivity index (χ4n) is 2.62. The lowest BCUT2D eigenvalue weighted by Crippen LogP contribution is -2.15. The van der Waals surface area contributed by atoms with Crippen LogP contribution in [-0.4, -0.2) is 29.5 Å². The number of benzene rings is 2. The molecule has 0 spiro atoms. The van der Waals surface area contributed by atoms with Crippen LogP contribution in [0.3, 0.4) is 0 Å². The van der Waals surface area contributed by atoms with Crippen LogP contribution in [0.4, 0.5) is 11.5 Å². The minimum absolute atomic E-state index is 0.243. The lowest BCUT2D eigenvalue weighted by molar-refractivity contribution is 0.102. The number of carbonyl (C=O) groups excluding carboxylic acids is 1. The topological polar surface area (TPSA) is 76.1 Å². The van der Waals surface area contributed by atoms with Gasteiger partial charge in [0, 0.05) is 6.54 Å². The molecule has 27 heavy (non-hydrogen) atoms. The van der Waals surface area contributed by atoms with Crippen LogP contribution < -0.4 is 15.4 Å². The summed E-state index contributed by atoms with van der Waals surface area (Å²) >= 11 is 0. The Kier molecular flexibility index (Phi) is 5.99. The molecule has 6 nitrogen and oxygen atoms in total. The molecule has 1 aromatic heterocycles. The third-order valence-electron chi connectivity index (χ3n) is 4.05. The molecular formula is C21H22N4O2. The van der Waals surface area contributed by atoms with Crippen LogP contribution in [0.1, 0.15) is 21.6 Å². The summed E-state index contributed by atoms with van der Waals surface area (Å²) in [5, 5.41) is 6.03. The number of nitrogens with one attached hydrogen (secondary N) is 2. The number of anilines is 2. The molecule has 3 rings (SSSR count). The van der Waals surface area contributed by atoms with E-state index < -0.39 is 0 Å². The number of hydrogen-bond donors (Lipinski definition) is 2. The molecule has 1 amide bonds. The van der Waals surface area contributed by atoms with Crippen molar-refractivity contribution >= 4 is 17.4 Å². The van der Waals surface area contributed by atoms with Crippen molar-refractivity contribution in [2.24, 2.45) is 0 Å². The zero-order valence-corrected chi connectivity index (χ0v) is 15.4. The first-order valence-corrected chi connectivity index (χ1v) is 8.71. The Morgan fingerprint density at radius 3 is 2.59 bits per heavy atom. The zero-order chi connectivity index (χ0) is 19.1. The van der Waals surface area contributed by atoms with E-state index in [1.807, 2.05) is 43.3 Å². The lowest BCUT2D eigenvalue weighted by atomic mass is 10.1. The maximum Gasteiger partial charge on any atom is 0.275 e. The Hall–Kier alpha value is -3.41. The second kappa shape index (κ2) is 8.80. The molecule has 6 heteroatoms. The average molecular weight is 362 g/mol. The summed E-state index contributed by atoms with van der Waals surface area (Å²) < 4.78 is 5.28. The molecule has 0 aliphatic rings. The summed E-state index contributed by atoms with van der Waals surface area (Å²) in [7, 11) is 1.57. The smallest absolute Gasteiger partial charge is 0.275 e. The van der Waals surface area contributed by atoms with E-state index in [-0.39, 0.29) is 11.6 Å². The van der Waals surface area contributed by atoms with Gasteiger partial charge in [-0.1, -0.05) is 36.4 Å². The van der Waals surface area contributed by atoms with Gasteiger partial charge in [0.15, 0.2) is 0 Å². The molecule has 0 unspecified atom stereocenters. The highest BCUT2D eigenvalue weighted by atomic mass is 16.5. The Balaban J connectivity index is 1.58. The summed E-state index contributed by atoms with van der Waals surface area (Å²) in [6.07, 6.45) is 3.91. The number of aryl methyl sites for hydroxylation is 1. The largest absolute Gasteiger partial charge is 0.495 e. The van der Waals surface area contributed by atoms with Gasteiger partial charge in [0.25, 0.3) is 5.91 Å². The predicted molar refractivity (Wildman–Crippen MR) is 106 cm³/mol. The number of aromatic nitrogens is 2. The maximum absolute atomic E-state index is 12.4. The predicted octanol–water partition coefficient (Wildman–Crippen LogP) is 3.70. The average Bonchev–Trinajstić information content (AvgIpc) is 2.69. The maximum atomic E-state index is 12.4. The summed E-state index contributed by atoms with van der Waals surface area (Å²) in [5.41, 5.74) is 3.12. The molecule has 2 aromatic carbocycles. The lowest BCUT2D eigenvalue weighted by Gasteiger charge is -2.11. The zero-order valence-electron chi connectivity index (χ0n) is 15.4. The molecule has 0 aliphatic heterocycles. The van der Waals surface area contributed by atoms with Gasteiger partial charge in [-0.05, 0) is 36.6 Å². The van der Waals surface area contributed by atoms with Crippen molar-refractivity contribution < 1.29 is 9.53 Å². The van der Waals surface area contributed by atoms with Crippen molar-refractivity contribution in [2.75, 3.05) is 24.3 Å². The number of carbonyl (C=O) groups is 1. The molecule has 0 bridgehead atoms. The molecule has 3 aromatic rings. The van der Waals surface area contributed by atoms with E-state index in [0.29, 0.717) is 17.3 Å². The van der Waals surface area contributed by atoms with Crippen LogP contribution in [-0.2, 0) is 6.42 Å². The molecule has 138 valence electrons. The quantitative estimate of drug-likeness (QED) is 0.670. The van der Waals surface area contributed by atoms with Crippen LogP contribution in [0, 0.1) is 6.92 Å². The molecular weight excluding hydrogens is 340 g/mol. The molecule has 0 atom stereocenters. The Morgan fingerprint density at radius 1 is 1.07 bits per heavy atom. The van der Waals surface area contributed by atoms with Crippen LogP contribution in [0.15, 0.2) is 60.9 Å². The fraction of sp³-hybridized carbons (Fsp3) is 0.190. The van der Waals surface area contributed by atoms with Gasteiger partial charge in [0.2, 0.25) is 0 Å². The third-order valence-corrected chi connectivity index (χ3v) is 4.05. The highest BCUT2D eigenvalue weighted by molar-refractivity contribution is 6.03. The van der Waals surface area contributed by atoms with Gasteiger partial charge < -0.3 is 15.4 Å². The number of rotatable bonds is 7. The number of ether oxygens (including phenoxy) is 1. The Labute approximate surface area is 158 Å². The summed E-state index contributed by atoms with van der Waals surface area (Å²) in [6.45, 7) is 2.69. The molecule has 0 fully saturated rings. The van der Waals surface area contributed by atoms with E-state index in [1.54, 1.807) is 13.3 Å². The van der Waals surface area contributed by atoms with Crippen LogP contribution in [0.2, 0.25) is 0 Å². The van der Waals surface area contributed by atoms with Crippen LogP contribution in [0.5, 0.6) is 5.75 Å². The molecule has 1 heterocycles. The van der Waals surface area contributed by atoms with Gasteiger partial charge in [0.05, 0.1) is 25.2 Å². The minimum atomic E-state index is -0.331. The summed E-state index contributed by atoms with van der Waals surface area (Å²) in [5.74, 6) is 0.902. The van der Waals surface area contributed by atoms with E-state index in [9.17, 15) is 4.79 Å². The summed E-state index contributed by atoms with van der Waals surface area (Å²) in [4.78, 5) is 20.9. The first-order valence-electron chi connectivity index (χ1n) is 8.71. The second-order valence-electron chi connectivity index (χ2n) is 6.11. The monoisotopic (exact) mass is 362 g/mol. The number of methoxy groups -OCH3 is 1. The van der Waals surface area contributed by atoms with Crippen molar-refractivity contribution in [1.29, 1.82) is 0 Å². The summed E-state index contributed by atoms with van der Waals surface area (Å²) in [6, 6.07) is 15.8. The highest BCUT2D eigenvalue weighted by Gasteiger charge is 2.12. The third kappa shape index (κ3) is 5.04. The highest BCUT2D eigenvalue weighted by Crippen LogP contribution is 2.25. The Bertz CT molecular complexity index is 896. The Morgan fingerprint density at radius 2 is 1.89 bits per heavy atom. The molecule has 2 N–H and O–H groups in total. The van der Waals surface area contributed by atoms with E-state index in [4.69, 9.17) is 4.74 Å². The second-order valence-corrected chi connectivity index (χ2v) is 6.11. The first kappa shape index (κ1) is 18.4.